The molecule has 9 aromatic carbocycles. The van der Waals surface area contributed by atoms with E-state index in [4.69, 9.17) is 9.72 Å². The minimum Gasteiger partial charge on any atom is -0.509 e. The first-order chi connectivity index (χ1) is 36.9. The van der Waals surface area contributed by atoms with Crippen molar-refractivity contribution in [1.82, 2.24) is 9.55 Å². The van der Waals surface area contributed by atoms with E-state index in [1.165, 1.54) is 48.2 Å². The van der Waals surface area contributed by atoms with E-state index in [0.717, 1.165) is 67.2 Å². The SMILES string of the molecule is CC(C)(C)c1ccnc(-n2c3[c-]c(Oc4[c-]c(N5[CH-]N(c6c(-c7cccc(-c8ccccc8)c7)cc(C(C)(C)C)cc6-c6cccc(-c7ccccc7)c6)c6ccccc65)ccc4)ccc3c3sc4ccccc4c32)c1.[Pt]. The zero-order valence-corrected chi connectivity index (χ0v) is 46.9. The summed E-state index contributed by atoms with van der Waals surface area (Å²) >= 11 is 1.81. The second-order valence-corrected chi connectivity index (χ2v) is 22.8. The van der Waals surface area contributed by atoms with Gasteiger partial charge in [0.1, 0.15) is 5.82 Å². The Morgan fingerprint density at radius 3 is 1.69 bits per heavy atom. The molecule has 4 heterocycles. The van der Waals surface area contributed by atoms with Crippen LogP contribution in [0.2, 0.25) is 0 Å². The molecule has 0 unspecified atom stereocenters. The molecule has 77 heavy (non-hydrogen) atoms. The maximum Gasteiger partial charge on any atom is 0.135 e. The molecule has 0 fully saturated rings. The van der Waals surface area contributed by atoms with E-state index in [0.29, 0.717) is 11.5 Å². The van der Waals surface area contributed by atoms with Crippen molar-refractivity contribution >= 4 is 65.3 Å². The number of anilines is 4. The fourth-order valence-corrected chi connectivity index (χ4v) is 11.9. The predicted molar refractivity (Wildman–Crippen MR) is 319 cm³/mol. The summed E-state index contributed by atoms with van der Waals surface area (Å²) in [7, 11) is 0. The van der Waals surface area contributed by atoms with Gasteiger partial charge < -0.3 is 19.1 Å². The van der Waals surface area contributed by atoms with Gasteiger partial charge in [-0.1, -0.05) is 180 Å². The maximum absolute atomic E-state index is 6.81. The Kier molecular flexibility index (Phi) is 12.8. The molecule has 0 atom stereocenters. The first kappa shape index (κ1) is 49.8. The van der Waals surface area contributed by atoms with Crippen LogP contribution in [0.3, 0.4) is 0 Å². The Labute approximate surface area is 470 Å². The van der Waals surface area contributed by atoms with Crippen molar-refractivity contribution in [2.45, 2.75) is 52.4 Å². The van der Waals surface area contributed by atoms with E-state index in [-0.39, 0.29) is 31.9 Å². The van der Waals surface area contributed by atoms with Gasteiger partial charge in [-0.05, 0) is 110 Å². The van der Waals surface area contributed by atoms with Crippen LogP contribution in [0.5, 0.6) is 11.5 Å². The Bertz CT molecular complexity index is 4060. The van der Waals surface area contributed by atoms with Crippen LogP contribution in [0.25, 0.3) is 81.5 Å². The molecular weight excluding hydrogens is 1140 g/mol. The van der Waals surface area contributed by atoms with Crippen molar-refractivity contribution in [3.8, 4) is 61.8 Å². The van der Waals surface area contributed by atoms with Gasteiger partial charge in [0.25, 0.3) is 0 Å². The molecule has 0 bridgehead atoms. The summed E-state index contributed by atoms with van der Waals surface area (Å²) < 4.78 is 11.5. The molecule has 0 N–H and O–H groups in total. The van der Waals surface area contributed by atoms with Crippen molar-refractivity contribution in [3.63, 3.8) is 0 Å². The molecule has 0 aliphatic carbocycles. The van der Waals surface area contributed by atoms with Crippen LogP contribution in [0, 0.1) is 18.8 Å². The topological polar surface area (TPSA) is 33.5 Å². The Hall–Kier alpha value is -8.02. The van der Waals surface area contributed by atoms with Crippen LogP contribution >= 0.6 is 11.3 Å². The number of aromatic nitrogens is 2. The molecular formula is C70H55N4OPtS-3. The number of para-hydroxylation sites is 2. The van der Waals surface area contributed by atoms with E-state index < -0.39 is 0 Å². The van der Waals surface area contributed by atoms with Crippen molar-refractivity contribution in [1.29, 1.82) is 0 Å². The quantitative estimate of drug-likeness (QED) is 0.135. The van der Waals surface area contributed by atoms with E-state index in [2.05, 4.69) is 269 Å². The smallest absolute Gasteiger partial charge is 0.135 e. The van der Waals surface area contributed by atoms with Gasteiger partial charge >= 0.3 is 0 Å². The summed E-state index contributed by atoms with van der Waals surface area (Å²) in [6, 6.07) is 83.5. The number of nitrogens with zero attached hydrogens (tertiary/aromatic N) is 4. The largest absolute Gasteiger partial charge is 0.509 e. The number of ether oxygens (including phenoxy) is 1. The van der Waals surface area contributed by atoms with E-state index in [9.17, 15) is 0 Å². The van der Waals surface area contributed by atoms with Crippen molar-refractivity contribution < 1.29 is 25.8 Å². The predicted octanol–water partition coefficient (Wildman–Crippen LogP) is 19.5. The van der Waals surface area contributed by atoms with Gasteiger partial charge in [0.2, 0.25) is 0 Å². The summed E-state index contributed by atoms with van der Waals surface area (Å²) in [4.78, 5) is 9.59. The monoisotopic (exact) mass is 1190 g/mol. The molecule has 5 nitrogen and oxygen atoms in total. The van der Waals surface area contributed by atoms with E-state index in [1.807, 2.05) is 24.4 Å². The van der Waals surface area contributed by atoms with Gasteiger partial charge in [0.05, 0.1) is 5.52 Å². The number of hydrogen-bond acceptors (Lipinski definition) is 5. The normalized spacial score (nSPS) is 12.6. The molecule has 0 amide bonds. The fourth-order valence-electron chi connectivity index (χ4n) is 10.7. The second kappa shape index (κ2) is 19.8. The number of benzene rings is 9. The molecule has 13 rings (SSSR count). The summed E-state index contributed by atoms with van der Waals surface area (Å²) in [5, 5.41) is 2.31. The molecule has 3 aromatic heterocycles. The van der Waals surface area contributed by atoms with Gasteiger partial charge in [-0.2, -0.15) is 12.1 Å². The number of fused-ring (bicyclic) bond motifs is 6. The van der Waals surface area contributed by atoms with Crippen LogP contribution < -0.4 is 14.5 Å². The third-order valence-corrected chi connectivity index (χ3v) is 15.8. The standard InChI is InChI=1S/C70H55N4OS.Pt/c1-69(2,3)52-36-37-71-65(42-52)74-63-44-56(34-35-57(63)68-67(74)58-30-13-16-33-64(58)76-68)75-55-29-19-28-54(43-55)72-45-73(62-32-15-14-31-61(62)72)66-59(50-26-17-24-48(38-50)46-20-9-7-10-21-46)40-53(70(4,5)6)41-60(66)51-27-18-25-49(39-51)47-22-11-8-12-23-47;/h7-42,45H,1-6H3;/q-3;. The zero-order chi connectivity index (χ0) is 51.7. The molecule has 7 heteroatoms. The average Bonchev–Trinajstić information content (AvgIpc) is 4.27. The fraction of sp³-hybridized carbons (Fsp3) is 0.114. The summed E-state index contributed by atoms with van der Waals surface area (Å²) in [6.45, 7) is 15.9. The van der Waals surface area contributed by atoms with Crippen molar-refractivity contribution in [2.75, 3.05) is 9.80 Å². The minimum absolute atomic E-state index is 0. The van der Waals surface area contributed by atoms with Crippen LogP contribution in [0.4, 0.5) is 22.7 Å². The Morgan fingerprint density at radius 2 is 1.04 bits per heavy atom. The van der Waals surface area contributed by atoms with Crippen LogP contribution in [-0.2, 0) is 31.9 Å². The molecule has 1 aliphatic heterocycles. The summed E-state index contributed by atoms with van der Waals surface area (Å²) in [5.74, 6) is 2.04. The number of pyridine rings is 1. The first-order valence-corrected chi connectivity index (χ1v) is 26.8. The van der Waals surface area contributed by atoms with Gasteiger partial charge in [0.15, 0.2) is 0 Å². The Morgan fingerprint density at radius 1 is 0.481 bits per heavy atom. The third kappa shape index (κ3) is 9.24. The molecule has 12 aromatic rings. The average molecular weight is 1200 g/mol. The van der Waals surface area contributed by atoms with Crippen molar-refractivity contribution in [3.05, 3.63) is 248 Å². The Balaban J connectivity index is 0.00000596. The van der Waals surface area contributed by atoms with Gasteiger partial charge in [0, 0.05) is 81.7 Å². The first-order valence-electron chi connectivity index (χ1n) is 26.0. The van der Waals surface area contributed by atoms with Crippen molar-refractivity contribution in [2.24, 2.45) is 0 Å². The molecule has 0 saturated carbocycles. The van der Waals surface area contributed by atoms with Gasteiger partial charge in [-0.15, -0.1) is 54.0 Å². The zero-order valence-electron chi connectivity index (χ0n) is 43.8. The molecule has 0 radical (unpaired) electrons. The van der Waals surface area contributed by atoms with Gasteiger partial charge in [-0.3, -0.25) is 0 Å². The van der Waals surface area contributed by atoms with Crippen LogP contribution in [0.15, 0.2) is 219 Å². The van der Waals surface area contributed by atoms with Crippen LogP contribution in [-0.4, -0.2) is 9.55 Å². The minimum atomic E-state index is -0.145. The summed E-state index contributed by atoms with van der Waals surface area (Å²) in [6.07, 6.45) is 1.92. The number of rotatable bonds is 9. The van der Waals surface area contributed by atoms with Crippen LogP contribution in [0.1, 0.15) is 52.7 Å². The molecule has 1 aliphatic rings. The number of hydrogen-bond donors (Lipinski definition) is 0. The maximum atomic E-state index is 6.81. The number of thiophene rings is 1. The van der Waals surface area contributed by atoms with E-state index in [1.54, 1.807) is 11.3 Å². The van der Waals surface area contributed by atoms with E-state index >= 15 is 0 Å². The second-order valence-electron chi connectivity index (χ2n) is 21.8. The summed E-state index contributed by atoms with van der Waals surface area (Å²) in [5.41, 5.74) is 17.6. The molecule has 0 saturated heterocycles. The van der Waals surface area contributed by atoms with Gasteiger partial charge in [-0.25, -0.2) is 4.98 Å². The molecule has 380 valence electrons. The molecule has 0 spiro atoms. The third-order valence-electron chi connectivity index (χ3n) is 14.6.